The number of fused-ring (bicyclic) bond motifs is 1. The van der Waals surface area contributed by atoms with Gasteiger partial charge in [0.2, 0.25) is 0 Å². The van der Waals surface area contributed by atoms with Crippen molar-refractivity contribution in [2.75, 3.05) is 13.2 Å². The molecule has 0 aromatic heterocycles. The Bertz CT molecular complexity index is 932. The molecule has 232 valence electrons. The van der Waals surface area contributed by atoms with E-state index in [1.165, 1.54) is 6.92 Å². The van der Waals surface area contributed by atoms with Crippen molar-refractivity contribution in [1.29, 1.82) is 0 Å². The Morgan fingerprint density at radius 2 is 1.48 bits per heavy atom. The molecule has 0 bridgehead atoms. The molecular formula is C33H62O5Si2. The van der Waals surface area contributed by atoms with Gasteiger partial charge in [0.05, 0.1) is 6.61 Å². The van der Waals surface area contributed by atoms with Crippen LogP contribution >= 0.6 is 0 Å². The molecule has 3 aliphatic rings. The van der Waals surface area contributed by atoms with Crippen molar-refractivity contribution in [1.82, 2.24) is 0 Å². The van der Waals surface area contributed by atoms with Crippen molar-refractivity contribution in [3.05, 3.63) is 0 Å². The lowest BCUT2D eigenvalue weighted by molar-refractivity contribution is -0.153. The Morgan fingerprint density at radius 1 is 0.875 bits per heavy atom. The van der Waals surface area contributed by atoms with Gasteiger partial charge in [0.25, 0.3) is 0 Å². The van der Waals surface area contributed by atoms with Crippen LogP contribution in [0, 0.1) is 34.5 Å². The third kappa shape index (κ3) is 6.67. The maximum absolute atomic E-state index is 13.1. The summed E-state index contributed by atoms with van der Waals surface area (Å²) in [5.74, 6) is 1.47. The zero-order valence-electron chi connectivity index (χ0n) is 28.3. The van der Waals surface area contributed by atoms with Crippen LogP contribution in [0.3, 0.4) is 0 Å². The predicted molar refractivity (Wildman–Crippen MR) is 169 cm³/mol. The third-order valence-electron chi connectivity index (χ3n) is 12.7. The van der Waals surface area contributed by atoms with Crippen LogP contribution in [0.1, 0.15) is 107 Å². The zero-order valence-corrected chi connectivity index (χ0v) is 30.3. The second-order valence-electron chi connectivity index (χ2n) is 17.1. The van der Waals surface area contributed by atoms with Crippen molar-refractivity contribution < 1.29 is 23.2 Å². The van der Waals surface area contributed by atoms with Crippen molar-refractivity contribution in [2.24, 2.45) is 34.5 Å². The molecule has 3 fully saturated rings. The average Bonchev–Trinajstić information content (AvgIpc) is 3.10. The first-order valence-corrected chi connectivity index (χ1v) is 21.9. The van der Waals surface area contributed by atoms with Crippen LogP contribution in [-0.4, -0.2) is 47.7 Å². The number of hydrogen-bond donors (Lipinski definition) is 0. The Hall–Kier alpha value is -0.506. The SMILES string of the molecule is CC(=O)OC[C@@H]1[C@@H]([C@@]2(C)CC[C@H](O[Si](C)(C)C(C)(C)C)C[C@@H]2CO[Si](C)(C)C(C)(C)C)CC[C@]2(C)C(=O)CC[C@@H]12. The first kappa shape index (κ1) is 34.0. The summed E-state index contributed by atoms with van der Waals surface area (Å²) in [6.45, 7) is 30.8. The van der Waals surface area contributed by atoms with Gasteiger partial charge in [0.15, 0.2) is 16.6 Å². The fourth-order valence-electron chi connectivity index (χ4n) is 7.68. The van der Waals surface area contributed by atoms with Crippen LogP contribution in [-0.2, 0) is 23.2 Å². The van der Waals surface area contributed by atoms with Crippen LogP contribution in [0.25, 0.3) is 0 Å². The molecule has 0 unspecified atom stereocenters. The monoisotopic (exact) mass is 594 g/mol. The summed E-state index contributed by atoms with van der Waals surface area (Å²) in [4.78, 5) is 25.1. The van der Waals surface area contributed by atoms with Crippen molar-refractivity contribution in [2.45, 2.75) is 150 Å². The summed E-state index contributed by atoms with van der Waals surface area (Å²) in [5, 5.41) is 0.336. The number of carbonyl (C=O) groups is 2. The predicted octanol–water partition coefficient (Wildman–Crippen LogP) is 8.78. The van der Waals surface area contributed by atoms with E-state index >= 15 is 0 Å². The molecule has 3 rings (SSSR count). The zero-order chi connectivity index (χ0) is 30.5. The molecule has 0 saturated heterocycles. The van der Waals surface area contributed by atoms with Crippen molar-refractivity contribution in [3.63, 3.8) is 0 Å². The van der Waals surface area contributed by atoms with Gasteiger partial charge in [-0.1, -0.05) is 55.4 Å². The summed E-state index contributed by atoms with van der Waals surface area (Å²) in [6, 6.07) is 0. The topological polar surface area (TPSA) is 61.8 Å². The fourth-order valence-corrected chi connectivity index (χ4v) is 10.1. The van der Waals surface area contributed by atoms with Crippen molar-refractivity contribution >= 4 is 28.4 Å². The van der Waals surface area contributed by atoms with Gasteiger partial charge in [-0.15, -0.1) is 0 Å². The first-order chi connectivity index (χ1) is 18.1. The van der Waals surface area contributed by atoms with Crippen LogP contribution < -0.4 is 0 Å². The molecule has 0 aromatic rings. The molecule has 0 amide bonds. The van der Waals surface area contributed by atoms with Crippen LogP contribution in [0.4, 0.5) is 0 Å². The number of carbonyl (C=O) groups excluding carboxylic acids is 2. The minimum Gasteiger partial charge on any atom is -0.466 e. The van der Waals surface area contributed by atoms with Gasteiger partial charge in [0.1, 0.15) is 5.78 Å². The Labute approximate surface area is 248 Å². The molecule has 0 spiro atoms. The normalized spacial score (nSPS) is 35.9. The standard InChI is InChI=1S/C33H62O5Si2/c1-23(34)36-22-26-27-14-15-29(35)33(27,9)19-17-28(26)32(8)18-16-25(38-40(12,13)31(5,6)7)20-24(32)21-37-39(10,11)30(2,3)4/h24-28H,14-22H2,1-13H3/t24-,25+,26+,27+,28+,32+,33+/m1/s1. The molecule has 3 saturated carbocycles. The quantitative estimate of drug-likeness (QED) is 0.208. The van der Waals surface area contributed by atoms with E-state index in [-0.39, 0.29) is 44.8 Å². The van der Waals surface area contributed by atoms with Crippen LogP contribution in [0.2, 0.25) is 36.3 Å². The van der Waals surface area contributed by atoms with E-state index in [2.05, 4.69) is 81.6 Å². The van der Waals surface area contributed by atoms with E-state index in [9.17, 15) is 9.59 Å². The second-order valence-corrected chi connectivity index (χ2v) is 26.7. The average molecular weight is 595 g/mol. The highest BCUT2D eigenvalue weighted by Gasteiger charge is 2.59. The lowest BCUT2D eigenvalue weighted by Crippen LogP contribution is -2.55. The number of esters is 1. The number of Topliss-reactive ketones (excluding diaryl/α,β-unsaturated/α-hetero) is 1. The molecule has 5 nitrogen and oxygen atoms in total. The molecule has 40 heavy (non-hydrogen) atoms. The molecule has 3 aliphatic carbocycles. The lowest BCUT2D eigenvalue weighted by Gasteiger charge is -2.57. The van der Waals surface area contributed by atoms with Gasteiger partial charge in [-0.25, -0.2) is 0 Å². The molecule has 7 heteroatoms. The summed E-state index contributed by atoms with van der Waals surface area (Å²) in [7, 11) is -3.83. The summed E-state index contributed by atoms with van der Waals surface area (Å²) < 4.78 is 19.8. The minimum absolute atomic E-state index is 0.0490. The maximum Gasteiger partial charge on any atom is 0.302 e. The second kappa shape index (κ2) is 11.5. The Kier molecular flexibility index (Phi) is 9.80. The third-order valence-corrected chi connectivity index (χ3v) is 21.7. The molecule has 0 N–H and O–H groups in total. The highest BCUT2D eigenvalue weighted by atomic mass is 28.4. The van der Waals surface area contributed by atoms with Gasteiger partial charge in [-0.05, 0) is 98.0 Å². The van der Waals surface area contributed by atoms with E-state index in [0.29, 0.717) is 30.6 Å². The minimum atomic E-state index is -1.94. The summed E-state index contributed by atoms with van der Waals surface area (Å²) in [5.41, 5.74) is -0.221. The number of hydrogen-bond acceptors (Lipinski definition) is 5. The number of ether oxygens (including phenoxy) is 1. The molecule has 0 aromatic carbocycles. The van der Waals surface area contributed by atoms with E-state index in [4.69, 9.17) is 13.6 Å². The number of ketones is 1. The highest BCUT2D eigenvalue weighted by molar-refractivity contribution is 6.74. The van der Waals surface area contributed by atoms with Crippen LogP contribution in [0.5, 0.6) is 0 Å². The Balaban J connectivity index is 1.95. The molecule has 0 aliphatic heterocycles. The van der Waals surface area contributed by atoms with Crippen molar-refractivity contribution in [3.8, 4) is 0 Å². The highest BCUT2D eigenvalue weighted by Crippen LogP contribution is 2.62. The Morgan fingerprint density at radius 3 is 2.02 bits per heavy atom. The maximum atomic E-state index is 13.1. The summed E-state index contributed by atoms with van der Waals surface area (Å²) in [6.07, 6.45) is 7.01. The first-order valence-electron chi connectivity index (χ1n) is 16.0. The molecule has 0 heterocycles. The van der Waals surface area contributed by atoms with Gasteiger partial charge in [0, 0.05) is 37.4 Å². The molecular weight excluding hydrogens is 533 g/mol. The van der Waals surface area contributed by atoms with E-state index in [1.807, 2.05) is 0 Å². The molecule has 7 atom stereocenters. The lowest BCUT2D eigenvalue weighted by atomic mass is 9.49. The summed E-state index contributed by atoms with van der Waals surface area (Å²) >= 11 is 0. The van der Waals surface area contributed by atoms with Gasteiger partial charge in [-0.2, -0.15) is 0 Å². The van der Waals surface area contributed by atoms with Gasteiger partial charge in [-0.3, -0.25) is 9.59 Å². The van der Waals surface area contributed by atoms with Gasteiger partial charge >= 0.3 is 5.97 Å². The number of rotatable bonds is 8. The molecule has 0 radical (unpaired) electrons. The van der Waals surface area contributed by atoms with E-state index in [0.717, 1.165) is 45.1 Å². The smallest absolute Gasteiger partial charge is 0.302 e. The fraction of sp³-hybridized carbons (Fsp3) is 0.939. The van der Waals surface area contributed by atoms with Crippen LogP contribution in [0.15, 0.2) is 0 Å². The largest absolute Gasteiger partial charge is 0.466 e. The van der Waals surface area contributed by atoms with E-state index < -0.39 is 16.6 Å². The van der Waals surface area contributed by atoms with Gasteiger partial charge < -0.3 is 13.6 Å². The van der Waals surface area contributed by atoms with E-state index in [1.54, 1.807) is 0 Å².